The van der Waals surface area contributed by atoms with Crippen molar-refractivity contribution in [2.75, 3.05) is 5.32 Å². The summed E-state index contributed by atoms with van der Waals surface area (Å²) in [5.74, 6) is 0.817. The number of nitrogens with one attached hydrogen (secondary N) is 1. The van der Waals surface area contributed by atoms with Crippen LogP contribution in [0.4, 0.5) is 10.9 Å². The second-order valence-corrected chi connectivity index (χ2v) is 5.77. The van der Waals surface area contributed by atoms with Gasteiger partial charge in [0.2, 0.25) is 0 Å². The minimum atomic E-state index is 0.817. The molecular weight excluding hydrogens is 280 g/mol. The van der Waals surface area contributed by atoms with Crippen molar-refractivity contribution < 1.29 is 0 Å². The summed E-state index contributed by atoms with van der Waals surface area (Å²) in [5, 5.41) is 6.19. The summed E-state index contributed by atoms with van der Waals surface area (Å²) in [5.41, 5.74) is 4.77. The fourth-order valence-electron chi connectivity index (χ4n) is 2.55. The smallest absolute Gasteiger partial charge is 0.188 e. The van der Waals surface area contributed by atoms with Crippen molar-refractivity contribution in [1.29, 1.82) is 0 Å². The van der Waals surface area contributed by atoms with E-state index in [4.69, 9.17) is 0 Å². The number of hydrogen-bond donors (Lipinski definition) is 1. The summed E-state index contributed by atoms with van der Waals surface area (Å²) >= 11 is 1.60. The average Bonchev–Trinajstić information content (AvgIpc) is 3.05. The normalized spacial score (nSPS) is 10.8. The lowest BCUT2D eigenvalue weighted by Gasteiger charge is -2.04. The fourth-order valence-corrected chi connectivity index (χ4v) is 3.27. The van der Waals surface area contributed by atoms with Gasteiger partial charge in [0.05, 0.1) is 5.69 Å². The maximum atomic E-state index is 4.68. The number of thiazole rings is 1. The Morgan fingerprint density at radius 1 is 1.29 bits per heavy atom. The molecule has 0 unspecified atom stereocenters. The third kappa shape index (κ3) is 2.69. The molecule has 0 aliphatic carbocycles. The van der Waals surface area contributed by atoms with Crippen LogP contribution in [0.2, 0.25) is 0 Å². The molecule has 0 bridgehead atoms. The molecule has 1 N–H and O–H groups in total. The van der Waals surface area contributed by atoms with Gasteiger partial charge in [-0.2, -0.15) is 0 Å². The van der Waals surface area contributed by atoms with Gasteiger partial charge in [0.15, 0.2) is 5.13 Å². The Morgan fingerprint density at radius 3 is 2.81 bits per heavy atom. The predicted octanol–water partition coefficient (Wildman–Crippen LogP) is 4.39. The maximum absolute atomic E-state index is 4.68. The lowest BCUT2D eigenvalue weighted by atomic mass is 10.2. The summed E-state index contributed by atoms with van der Waals surface area (Å²) in [6, 6.07) is 8.00. The summed E-state index contributed by atoms with van der Waals surface area (Å²) < 4.78 is 2.31. The van der Waals surface area contributed by atoms with Crippen molar-refractivity contribution in [2.45, 2.75) is 27.3 Å². The van der Waals surface area contributed by atoms with Gasteiger partial charge in [-0.3, -0.25) is 0 Å². The number of nitrogens with zero attached hydrogens (tertiary/aromatic N) is 3. The minimum absolute atomic E-state index is 0.817. The van der Waals surface area contributed by atoms with E-state index in [1.165, 1.54) is 17.0 Å². The molecule has 0 fully saturated rings. The predicted molar refractivity (Wildman–Crippen MR) is 88.2 cm³/mol. The molecule has 0 radical (unpaired) electrons. The van der Waals surface area contributed by atoms with Gasteiger partial charge in [-0.05, 0) is 39.0 Å². The second-order valence-electron chi connectivity index (χ2n) is 4.91. The van der Waals surface area contributed by atoms with Crippen molar-refractivity contribution in [1.82, 2.24) is 14.5 Å². The minimum Gasteiger partial charge on any atom is -0.349 e. The first-order valence-corrected chi connectivity index (χ1v) is 7.87. The van der Waals surface area contributed by atoms with E-state index >= 15 is 0 Å². The van der Waals surface area contributed by atoms with Crippen LogP contribution in [0.3, 0.4) is 0 Å². The number of aromatic nitrogens is 3. The zero-order valence-electron chi connectivity index (χ0n) is 12.4. The fraction of sp³-hybridized carbons (Fsp3) is 0.250. The van der Waals surface area contributed by atoms with E-state index in [0.29, 0.717) is 0 Å². The molecule has 0 aliphatic heterocycles. The van der Waals surface area contributed by atoms with Crippen LogP contribution in [-0.4, -0.2) is 14.5 Å². The second kappa shape index (κ2) is 5.69. The van der Waals surface area contributed by atoms with Crippen LogP contribution in [0.25, 0.3) is 11.3 Å². The largest absolute Gasteiger partial charge is 0.349 e. The van der Waals surface area contributed by atoms with Gasteiger partial charge in [0.1, 0.15) is 5.82 Å². The molecule has 108 valence electrons. The molecule has 0 atom stereocenters. The molecule has 4 nitrogen and oxygen atoms in total. The summed E-state index contributed by atoms with van der Waals surface area (Å²) in [6.07, 6.45) is 1.77. The lowest BCUT2D eigenvalue weighted by Crippen LogP contribution is -1.98. The maximum Gasteiger partial charge on any atom is 0.188 e. The molecular formula is C16H18N4S. The molecule has 0 amide bonds. The highest BCUT2D eigenvalue weighted by Gasteiger charge is 2.13. The van der Waals surface area contributed by atoms with E-state index in [0.717, 1.165) is 23.2 Å². The van der Waals surface area contributed by atoms with Gasteiger partial charge < -0.3 is 9.88 Å². The summed E-state index contributed by atoms with van der Waals surface area (Å²) in [7, 11) is 0. The Labute approximate surface area is 128 Å². The Morgan fingerprint density at radius 2 is 2.14 bits per heavy atom. The topological polar surface area (TPSA) is 42.7 Å². The lowest BCUT2D eigenvalue weighted by molar-refractivity contribution is 0.719. The molecule has 0 aromatic carbocycles. The molecule has 0 saturated carbocycles. The average molecular weight is 298 g/mol. The quantitative estimate of drug-likeness (QED) is 0.777. The van der Waals surface area contributed by atoms with E-state index in [1.54, 1.807) is 17.5 Å². The first-order chi connectivity index (χ1) is 10.2. The molecule has 0 saturated heterocycles. The van der Waals surface area contributed by atoms with E-state index < -0.39 is 0 Å². The number of pyridine rings is 1. The van der Waals surface area contributed by atoms with Crippen LogP contribution in [0.5, 0.6) is 0 Å². The van der Waals surface area contributed by atoms with Gasteiger partial charge in [0, 0.05) is 35.1 Å². The van der Waals surface area contributed by atoms with Crippen molar-refractivity contribution in [3.05, 3.63) is 47.2 Å². The van der Waals surface area contributed by atoms with E-state index in [1.807, 2.05) is 18.2 Å². The van der Waals surface area contributed by atoms with Gasteiger partial charge in [-0.15, -0.1) is 11.3 Å². The summed E-state index contributed by atoms with van der Waals surface area (Å²) in [6.45, 7) is 7.44. The molecule has 21 heavy (non-hydrogen) atoms. The van der Waals surface area contributed by atoms with Gasteiger partial charge >= 0.3 is 0 Å². The van der Waals surface area contributed by atoms with E-state index in [2.05, 4.69) is 52.1 Å². The van der Waals surface area contributed by atoms with Crippen molar-refractivity contribution in [3.63, 3.8) is 0 Å². The van der Waals surface area contributed by atoms with Crippen LogP contribution in [0, 0.1) is 13.8 Å². The number of rotatable bonds is 4. The van der Waals surface area contributed by atoms with Crippen LogP contribution >= 0.6 is 11.3 Å². The number of hydrogen-bond acceptors (Lipinski definition) is 4. The molecule has 3 aromatic heterocycles. The highest BCUT2D eigenvalue weighted by molar-refractivity contribution is 7.14. The van der Waals surface area contributed by atoms with Gasteiger partial charge in [-0.25, -0.2) is 9.97 Å². The molecule has 3 heterocycles. The van der Waals surface area contributed by atoms with Crippen molar-refractivity contribution in [2.24, 2.45) is 0 Å². The third-order valence-electron chi connectivity index (χ3n) is 3.57. The van der Waals surface area contributed by atoms with Crippen LogP contribution in [0.1, 0.15) is 18.3 Å². The van der Waals surface area contributed by atoms with Crippen LogP contribution in [-0.2, 0) is 6.54 Å². The Hall–Kier alpha value is -2.14. The van der Waals surface area contributed by atoms with Crippen LogP contribution < -0.4 is 5.32 Å². The van der Waals surface area contributed by atoms with E-state index in [-0.39, 0.29) is 0 Å². The van der Waals surface area contributed by atoms with Gasteiger partial charge in [-0.1, -0.05) is 6.07 Å². The van der Waals surface area contributed by atoms with E-state index in [9.17, 15) is 0 Å². The highest BCUT2D eigenvalue weighted by Crippen LogP contribution is 2.30. The van der Waals surface area contributed by atoms with Crippen molar-refractivity contribution in [3.8, 4) is 11.3 Å². The highest BCUT2D eigenvalue weighted by atomic mass is 32.1. The molecule has 0 spiro atoms. The first kappa shape index (κ1) is 13.8. The SMILES string of the molecule is CCn1c(C)cc(-c2csc(Nc3ccccn3)n2)c1C. The number of anilines is 2. The Balaban J connectivity index is 1.88. The molecule has 3 aromatic rings. The Kier molecular flexibility index (Phi) is 3.75. The number of aryl methyl sites for hydroxylation is 1. The molecule has 0 aliphatic rings. The Bertz CT molecular complexity index is 743. The summed E-state index contributed by atoms with van der Waals surface area (Å²) in [4.78, 5) is 8.94. The third-order valence-corrected chi connectivity index (χ3v) is 4.33. The monoisotopic (exact) mass is 298 g/mol. The zero-order chi connectivity index (χ0) is 14.8. The first-order valence-electron chi connectivity index (χ1n) is 6.99. The van der Waals surface area contributed by atoms with Crippen molar-refractivity contribution >= 4 is 22.3 Å². The standard InChI is InChI=1S/C16H18N4S/c1-4-20-11(2)9-13(12(20)3)14-10-21-16(18-14)19-15-7-5-6-8-17-15/h5-10H,4H2,1-3H3,(H,17,18,19). The van der Waals surface area contributed by atoms with Gasteiger partial charge in [0.25, 0.3) is 0 Å². The molecule has 5 heteroatoms. The van der Waals surface area contributed by atoms with Crippen LogP contribution in [0.15, 0.2) is 35.8 Å². The molecule has 3 rings (SSSR count). The zero-order valence-corrected chi connectivity index (χ0v) is 13.2.